The number of β-amino-alcohol motifs (C(OH)–C–C–N with tert-alkyl or cyclic N) is 1. The van der Waals surface area contributed by atoms with Gasteiger partial charge in [-0.25, -0.2) is 4.39 Å². The van der Waals surface area contributed by atoms with Crippen molar-refractivity contribution < 1.29 is 27.4 Å². The van der Waals surface area contributed by atoms with Crippen LogP contribution in [0.4, 0.5) is 17.6 Å². The van der Waals surface area contributed by atoms with Gasteiger partial charge in [-0.1, -0.05) is 0 Å². The molecule has 1 aliphatic rings. The van der Waals surface area contributed by atoms with Gasteiger partial charge in [0.25, 0.3) is 0 Å². The van der Waals surface area contributed by atoms with Crippen LogP contribution >= 0.6 is 0 Å². The number of hydrogen-bond acceptors (Lipinski definition) is 3. The van der Waals surface area contributed by atoms with E-state index in [-0.39, 0.29) is 31.9 Å². The lowest BCUT2D eigenvalue weighted by Crippen LogP contribution is -2.45. The maximum atomic E-state index is 12.7. The molecule has 2 atom stereocenters. The summed E-state index contributed by atoms with van der Waals surface area (Å²) in [6, 6.07) is 5.34. The number of likely N-dealkylation sites (tertiary alicyclic amines) is 1. The van der Waals surface area contributed by atoms with Crippen molar-refractivity contribution >= 4 is 0 Å². The lowest BCUT2D eigenvalue weighted by Gasteiger charge is -2.34. The van der Waals surface area contributed by atoms with E-state index in [0.717, 1.165) is 0 Å². The minimum absolute atomic E-state index is 0.0428. The summed E-state index contributed by atoms with van der Waals surface area (Å²) in [4.78, 5) is 1.61. The lowest BCUT2D eigenvalue weighted by atomic mass is 9.97. The van der Waals surface area contributed by atoms with Gasteiger partial charge in [0.1, 0.15) is 24.3 Å². The monoisotopic (exact) mass is 321 g/mol. The molecule has 0 saturated carbocycles. The molecule has 1 saturated heterocycles. The number of benzene rings is 1. The second-order valence-corrected chi connectivity index (χ2v) is 5.56. The molecule has 124 valence electrons. The summed E-state index contributed by atoms with van der Waals surface area (Å²) >= 11 is 0. The molecule has 1 aromatic carbocycles. The molecule has 0 radical (unpaired) electrons. The summed E-state index contributed by atoms with van der Waals surface area (Å²) in [5.41, 5.74) is 0. The second-order valence-electron chi connectivity index (χ2n) is 5.56. The van der Waals surface area contributed by atoms with Gasteiger partial charge in [-0.2, -0.15) is 13.2 Å². The predicted octanol–water partition coefficient (Wildman–Crippen LogP) is 2.84. The van der Waals surface area contributed by atoms with Gasteiger partial charge in [-0.15, -0.1) is 0 Å². The van der Waals surface area contributed by atoms with E-state index < -0.39 is 18.2 Å². The highest BCUT2D eigenvalue weighted by Crippen LogP contribution is 2.33. The Balaban J connectivity index is 1.76. The summed E-state index contributed by atoms with van der Waals surface area (Å²) < 4.78 is 56.1. The molecular weight excluding hydrogens is 302 g/mol. The summed E-state index contributed by atoms with van der Waals surface area (Å²) in [7, 11) is 0. The first-order chi connectivity index (χ1) is 10.3. The topological polar surface area (TPSA) is 32.7 Å². The van der Waals surface area contributed by atoms with Crippen LogP contribution < -0.4 is 4.74 Å². The highest BCUT2D eigenvalue weighted by atomic mass is 19.4. The molecule has 3 nitrogen and oxygen atoms in total. The molecule has 0 bridgehead atoms. The molecule has 1 N–H and O–H groups in total. The molecule has 2 rings (SSSR count). The van der Waals surface area contributed by atoms with E-state index >= 15 is 0 Å². The van der Waals surface area contributed by atoms with Gasteiger partial charge in [-0.05, 0) is 43.7 Å². The third kappa shape index (κ3) is 5.14. The molecule has 0 unspecified atom stereocenters. The number of nitrogens with zero attached hydrogens (tertiary/aromatic N) is 1. The minimum atomic E-state index is -4.19. The number of alkyl halides is 3. The quantitative estimate of drug-likeness (QED) is 0.847. The molecule has 1 heterocycles. The van der Waals surface area contributed by atoms with Gasteiger partial charge < -0.3 is 14.7 Å². The van der Waals surface area contributed by atoms with Crippen molar-refractivity contribution in [2.24, 2.45) is 5.92 Å². The highest BCUT2D eigenvalue weighted by Gasteiger charge is 2.41. The molecule has 1 fully saturated rings. The normalized spacial score (nSPS) is 21.6. The summed E-state index contributed by atoms with van der Waals surface area (Å²) in [6.07, 6.45) is -4.47. The van der Waals surface area contributed by atoms with Crippen LogP contribution in [0.1, 0.15) is 12.8 Å². The van der Waals surface area contributed by atoms with E-state index in [9.17, 15) is 22.7 Å². The Bertz CT molecular complexity index is 464. The number of rotatable bonds is 5. The Labute approximate surface area is 126 Å². The van der Waals surface area contributed by atoms with E-state index in [4.69, 9.17) is 4.74 Å². The van der Waals surface area contributed by atoms with Crippen molar-refractivity contribution in [2.45, 2.75) is 25.1 Å². The SMILES string of the molecule is O[C@@H](COc1ccc(F)cc1)CN1CCC[C@@H](C(F)(F)F)C1. The molecule has 0 aromatic heterocycles. The van der Waals surface area contributed by atoms with E-state index in [1.807, 2.05) is 0 Å². The van der Waals surface area contributed by atoms with Crippen LogP contribution in [0.15, 0.2) is 24.3 Å². The van der Waals surface area contributed by atoms with Crippen molar-refractivity contribution in [1.82, 2.24) is 4.90 Å². The van der Waals surface area contributed by atoms with Gasteiger partial charge in [0.2, 0.25) is 0 Å². The number of ether oxygens (including phenoxy) is 1. The average molecular weight is 321 g/mol. The Kier molecular flexibility index (Phi) is 5.63. The Morgan fingerprint density at radius 2 is 1.95 bits per heavy atom. The maximum Gasteiger partial charge on any atom is 0.393 e. The van der Waals surface area contributed by atoms with Crippen LogP contribution in [0, 0.1) is 11.7 Å². The zero-order valence-electron chi connectivity index (χ0n) is 12.0. The third-order valence-electron chi connectivity index (χ3n) is 3.69. The van der Waals surface area contributed by atoms with E-state index in [0.29, 0.717) is 18.7 Å². The first kappa shape index (κ1) is 17.0. The zero-order valence-corrected chi connectivity index (χ0v) is 12.0. The molecular formula is C15H19F4NO2. The molecule has 0 spiro atoms. The van der Waals surface area contributed by atoms with Crippen LogP contribution in [-0.2, 0) is 0 Å². The number of piperidine rings is 1. The van der Waals surface area contributed by atoms with Gasteiger partial charge in [0, 0.05) is 13.1 Å². The van der Waals surface area contributed by atoms with Gasteiger partial charge in [0.15, 0.2) is 0 Å². The van der Waals surface area contributed by atoms with Gasteiger partial charge in [0.05, 0.1) is 5.92 Å². The third-order valence-corrected chi connectivity index (χ3v) is 3.69. The maximum absolute atomic E-state index is 12.7. The Morgan fingerprint density at radius 1 is 1.27 bits per heavy atom. The fraction of sp³-hybridized carbons (Fsp3) is 0.600. The molecule has 0 amide bonds. The smallest absolute Gasteiger partial charge is 0.393 e. The Hall–Kier alpha value is -1.34. The molecule has 7 heteroatoms. The Morgan fingerprint density at radius 3 is 2.59 bits per heavy atom. The molecule has 1 aliphatic heterocycles. The molecule has 22 heavy (non-hydrogen) atoms. The van der Waals surface area contributed by atoms with Crippen LogP contribution in [0.5, 0.6) is 5.75 Å². The number of hydrogen-bond donors (Lipinski definition) is 1. The van der Waals surface area contributed by atoms with Crippen molar-refractivity contribution in [1.29, 1.82) is 0 Å². The van der Waals surface area contributed by atoms with E-state index in [2.05, 4.69) is 0 Å². The van der Waals surface area contributed by atoms with Crippen molar-refractivity contribution in [2.75, 3.05) is 26.2 Å². The number of aliphatic hydroxyl groups excluding tert-OH is 1. The second kappa shape index (κ2) is 7.28. The van der Waals surface area contributed by atoms with Crippen LogP contribution in [-0.4, -0.2) is 48.5 Å². The fourth-order valence-electron chi connectivity index (χ4n) is 2.56. The molecule has 1 aromatic rings. The predicted molar refractivity (Wildman–Crippen MR) is 73.1 cm³/mol. The number of aliphatic hydroxyl groups is 1. The van der Waals surface area contributed by atoms with Gasteiger partial charge >= 0.3 is 6.18 Å². The van der Waals surface area contributed by atoms with Crippen LogP contribution in [0.3, 0.4) is 0 Å². The van der Waals surface area contributed by atoms with Gasteiger partial charge in [-0.3, -0.25) is 0 Å². The fourth-order valence-corrected chi connectivity index (χ4v) is 2.56. The summed E-state index contributed by atoms with van der Waals surface area (Å²) in [6.45, 7) is 0.546. The van der Waals surface area contributed by atoms with Crippen LogP contribution in [0.25, 0.3) is 0 Å². The van der Waals surface area contributed by atoms with Crippen molar-refractivity contribution in [3.8, 4) is 5.75 Å². The first-order valence-corrected chi connectivity index (χ1v) is 7.20. The number of halogens is 4. The first-order valence-electron chi connectivity index (χ1n) is 7.20. The van der Waals surface area contributed by atoms with Crippen molar-refractivity contribution in [3.63, 3.8) is 0 Å². The van der Waals surface area contributed by atoms with Crippen LogP contribution in [0.2, 0.25) is 0 Å². The van der Waals surface area contributed by atoms with E-state index in [1.165, 1.54) is 24.3 Å². The lowest BCUT2D eigenvalue weighted by molar-refractivity contribution is -0.187. The average Bonchev–Trinajstić information content (AvgIpc) is 2.46. The largest absolute Gasteiger partial charge is 0.491 e. The minimum Gasteiger partial charge on any atom is -0.491 e. The summed E-state index contributed by atoms with van der Waals surface area (Å²) in [5.74, 6) is -1.31. The standard InChI is InChI=1S/C15H19F4NO2/c16-12-3-5-14(6-4-12)22-10-13(21)9-20-7-1-2-11(8-20)15(17,18)19/h3-6,11,13,21H,1-2,7-10H2/t11-,13-/m1/s1. The summed E-state index contributed by atoms with van der Waals surface area (Å²) in [5, 5.41) is 9.88. The highest BCUT2D eigenvalue weighted by molar-refractivity contribution is 5.22. The zero-order chi connectivity index (χ0) is 16.2. The van der Waals surface area contributed by atoms with E-state index in [1.54, 1.807) is 4.90 Å². The van der Waals surface area contributed by atoms with Crippen molar-refractivity contribution in [3.05, 3.63) is 30.1 Å². The molecule has 0 aliphatic carbocycles.